The second-order valence-corrected chi connectivity index (χ2v) is 8.90. The van der Waals surface area contributed by atoms with Gasteiger partial charge in [0.15, 0.2) is 0 Å². The zero-order valence-electron chi connectivity index (χ0n) is 18.0. The fourth-order valence-corrected chi connectivity index (χ4v) is 5.31. The quantitative estimate of drug-likeness (QED) is 0.754. The number of amides is 1. The van der Waals surface area contributed by atoms with Gasteiger partial charge >= 0.3 is 0 Å². The fraction of sp³-hybridized carbons (Fsp3) is 0.565. The number of pyridine rings is 1. The third-order valence-electron chi connectivity index (χ3n) is 6.84. The van der Waals surface area contributed by atoms with Gasteiger partial charge in [-0.05, 0) is 37.3 Å². The summed E-state index contributed by atoms with van der Waals surface area (Å²) in [5.74, 6) is 1.65. The van der Waals surface area contributed by atoms with Crippen molar-refractivity contribution in [3.8, 4) is 5.88 Å². The van der Waals surface area contributed by atoms with Crippen LogP contribution in [0.2, 0.25) is 0 Å². The van der Waals surface area contributed by atoms with E-state index < -0.39 is 0 Å². The number of piperidine rings is 1. The van der Waals surface area contributed by atoms with Crippen LogP contribution in [-0.4, -0.2) is 58.6 Å². The molecule has 0 spiro atoms. The number of nitrogens with zero attached hydrogens (tertiary/aromatic N) is 5. The van der Waals surface area contributed by atoms with E-state index in [0.717, 1.165) is 64.0 Å². The minimum atomic E-state index is -0.132. The number of ether oxygens (including phenoxy) is 1. The Morgan fingerprint density at radius 2 is 1.87 bits per heavy atom. The summed E-state index contributed by atoms with van der Waals surface area (Å²) in [5.41, 5.74) is 1.20. The predicted octanol–water partition coefficient (Wildman–Crippen LogP) is 2.29. The minimum absolute atomic E-state index is 0.107. The van der Waals surface area contributed by atoms with Crippen molar-refractivity contribution in [2.75, 3.05) is 38.2 Å². The van der Waals surface area contributed by atoms with Crippen LogP contribution in [0.25, 0.3) is 0 Å². The lowest BCUT2D eigenvalue weighted by Crippen LogP contribution is -2.48. The first-order valence-electron chi connectivity index (χ1n) is 11.3. The highest BCUT2D eigenvalue weighted by Gasteiger charge is 2.36. The Balaban J connectivity index is 1.41. The second-order valence-electron chi connectivity index (χ2n) is 8.90. The first-order valence-corrected chi connectivity index (χ1v) is 11.3. The molecule has 0 unspecified atom stereocenters. The number of carbonyl (C=O) groups excluding carboxylic acids is 1. The summed E-state index contributed by atoms with van der Waals surface area (Å²) in [6, 6.07) is 5.48. The average Bonchev–Trinajstić information content (AvgIpc) is 3.09. The lowest BCUT2D eigenvalue weighted by molar-refractivity contribution is 0.0758. The largest absolute Gasteiger partial charge is 0.481 e. The third kappa shape index (κ3) is 3.79. The van der Waals surface area contributed by atoms with Crippen molar-refractivity contribution in [1.82, 2.24) is 19.4 Å². The molecule has 5 rings (SSSR count). The van der Waals surface area contributed by atoms with Crippen molar-refractivity contribution >= 4 is 11.9 Å². The Morgan fingerprint density at radius 3 is 2.65 bits per heavy atom. The summed E-state index contributed by atoms with van der Waals surface area (Å²) in [7, 11) is 1.60. The Bertz CT molecular complexity index is 1030. The van der Waals surface area contributed by atoms with E-state index in [1.54, 1.807) is 25.4 Å². The van der Waals surface area contributed by atoms with Crippen molar-refractivity contribution in [2.45, 2.75) is 44.6 Å². The molecular formula is C23H29N5O3. The molecule has 5 heterocycles. The SMILES string of the molecule is COc1ccnc(N2C[C@@H]3C[C@H](C2)c2ccc(C(=O)N4CCCCCC4)c(=O)n2C3)n1. The van der Waals surface area contributed by atoms with Crippen LogP contribution >= 0.6 is 0 Å². The van der Waals surface area contributed by atoms with Gasteiger partial charge in [0.1, 0.15) is 5.56 Å². The highest BCUT2D eigenvalue weighted by molar-refractivity contribution is 5.94. The normalized spacial score (nSPS) is 23.1. The van der Waals surface area contributed by atoms with E-state index in [-0.39, 0.29) is 17.4 Å². The zero-order valence-corrected chi connectivity index (χ0v) is 18.0. The third-order valence-corrected chi connectivity index (χ3v) is 6.84. The summed E-state index contributed by atoms with van der Waals surface area (Å²) in [6.45, 7) is 3.68. The smallest absolute Gasteiger partial charge is 0.263 e. The van der Waals surface area contributed by atoms with Gasteiger partial charge in [-0.2, -0.15) is 4.98 Å². The standard InChI is InChI=1S/C23H29N5O3/c1-31-20-8-9-24-23(25-20)27-13-16-12-17(15-27)19-7-6-18(22(30)28(19)14-16)21(29)26-10-4-2-3-5-11-26/h6-9,16-17H,2-5,10-15H2,1H3/t16-,17+/m0/s1. The van der Waals surface area contributed by atoms with E-state index >= 15 is 0 Å². The fourth-order valence-electron chi connectivity index (χ4n) is 5.31. The van der Waals surface area contributed by atoms with E-state index in [1.807, 2.05) is 15.5 Å². The minimum Gasteiger partial charge on any atom is -0.481 e. The summed E-state index contributed by atoms with van der Waals surface area (Å²) >= 11 is 0. The van der Waals surface area contributed by atoms with Crippen molar-refractivity contribution in [1.29, 1.82) is 0 Å². The summed E-state index contributed by atoms with van der Waals surface area (Å²) in [6.07, 6.45) is 7.10. The molecule has 3 aliphatic heterocycles. The molecular weight excluding hydrogens is 394 g/mol. The van der Waals surface area contributed by atoms with Crippen LogP contribution in [0.3, 0.4) is 0 Å². The highest BCUT2D eigenvalue weighted by atomic mass is 16.5. The second kappa shape index (κ2) is 8.32. The van der Waals surface area contributed by atoms with Crippen molar-refractivity contribution < 1.29 is 9.53 Å². The van der Waals surface area contributed by atoms with Crippen molar-refractivity contribution in [3.63, 3.8) is 0 Å². The van der Waals surface area contributed by atoms with Crippen LogP contribution in [0.15, 0.2) is 29.2 Å². The van der Waals surface area contributed by atoms with Crippen LogP contribution < -0.4 is 15.2 Å². The lowest BCUT2D eigenvalue weighted by Gasteiger charge is -2.42. The molecule has 2 aromatic rings. The Hall–Kier alpha value is -2.90. The molecule has 31 heavy (non-hydrogen) atoms. The zero-order chi connectivity index (χ0) is 21.4. The van der Waals surface area contributed by atoms with Crippen molar-refractivity contribution in [2.24, 2.45) is 5.92 Å². The number of hydrogen-bond donors (Lipinski definition) is 0. The molecule has 0 N–H and O–H groups in total. The van der Waals surface area contributed by atoms with Crippen LogP contribution in [0.1, 0.15) is 54.1 Å². The van der Waals surface area contributed by atoms with Gasteiger partial charge in [0.25, 0.3) is 11.5 Å². The number of hydrogen-bond acceptors (Lipinski definition) is 6. The monoisotopic (exact) mass is 423 g/mol. The van der Waals surface area contributed by atoms with E-state index in [9.17, 15) is 9.59 Å². The maximum Gasteiger partial charge on any atom is 0.263 e. The number of anilines is 1. The number of fused-ring (bicyclic) bond motifs is 4. The number of methoxy groups -OCH3 is 1. The van der Waals surface area contributed by atoms with E-state index in [1.165, 1.54) is 0 Å². The van der Waals surface area contributed by atoms with Gasteiger partial charge in [0, 0.05) is 56.6 Å². The number of rotatable bonds is 3. The van der Waals surface area contributed by atoms with Gasteiger partial charge in [-0.3, -0.25) is 9.59 Å². The summed E-state index contributed by atoms with van der Waals surface area (Å²) < 4.78 is 7.10. The van der Waals surface area contributed by atoms with Gasteiger partial charge in [-0.25, -0.2) is 4.98 Å². The number of likely N-dealkylation sites (tertiary alicyclic amines) is 1. The van der Waals surface area contributed by atoms with E-state index in [4.69, 9.17) is 4.74 Å². The first kappa shape index (κ1) is 20.0. The maximum absolute atomic E-state index is 13.3. The molecule has 1 amide bonds. The number of carbonyl (C=O) groups is 1. The topological polar surface area (TPSA) is 80.6 Å². The molecule has 0 radical (unpaired) electrons. The molecule has 0 saturated carbocycles. The predicted molar refractivity (Wildman–Crippen MR) is 117 cm³/mol. The molecule has 2 saturated heterocycles. The summed E-state index contributed by atoms with van der Waals surface area (Å²) in [5, 5.41) is 0. The maximum atomic E-state index is 13.3. The molecule has 2 fully saturated rings. The molecule has 0 aliphatic carbocycles. The summed E-state index contributed by atoms with van der Waals surface area (Å²) in [4.78, 5) is 39.3. The van der Waals surface area contributed by atoms with Gasteiger partial charge in [-0.1, -0.05) is 12.8 Å². The van der Waals surface area contributed by atoms with Crippen LogP contribution in [0.4, 0.5) is 5.95 Å². The Morgan fingerprint density at radius 1 is 1.06 bits per heavy atom. The van der Waals surface area contributed by atoms with Crippen LogP contribution in [-0.2, 0) is 6.54 Å². The van der Waals surface area contributed by atoms with Gasteiger partial charge in [0.05, 0.1) is 7.11 Å². The van der Waals surface area contributed by atoms with Gasteiger partial charge in [0.2, 0.25) is 11.8 Å². The molecule has 0 aromatic carbocycles. The van der Waals surface area contributed by atoms with Crippen LogP contribution in [0, 0.1) is 5.92 Å². The first-order chi connectivity index (χ1) is 15.1. The van der Waals surface area contributed by atoms with E-state index in [0.29, 0.717) is 29.9 Å². The Labute approximate surface area is 181 Å². The van der Waals surface area contributed by atoms with Gasteiger partial charge in [-0.15, -0.1) is 0 Å². The number of aromatic nitrogens is 3. The molecule has 2 bridgehead atoms. The van der Waals surface area contributed by atoms with Gasteiger partial charge < -0.3 is 19.1 Å². The molecule has 8 heteroatoms. The van der Waals surface area contributed by atoms with E-state index in [2.05, 4.69) is 14.9 Å². The van der Waals surface area contributed by atoms with Crippen molar-refractivity contribution in [3.05, 3.63) is 46.0 Å². The lowest BCUT2D eigenvalue weighted by atomic mass is 9.83. The highest BCUT2D eigenvalue weighted by Crippen LogP contribution is 2.36. The molecule has 3 aliphatic rings. The molecule has 2 aromatic heterocycles. The molecule has 8 nitrogen and oxygen atoms in total. The molecule has 164 valence electrons. The Kier molecular flexibility index (Phi) is 5.38. The van der Waals surface area contributed by atoms with Crippen LogP contribution in [0.5, 0.6) is 5.88 Å². The average molecular weight is 424 g/mol. The molecule has 2 atom stereocenters.